The molecule has 1 rings (SSSR count). The molecule has 18 heavy (non-hydrogen) atoms. The first kappa shape index (κ1) is 14.0. The number of likely N-dealkylation sites (N-methyl/N-ethyl adjacent to an activating group) is 1. The number of ether oxygens (including phenoxy) is 2. The third-order valence-corrected chi connectivity index (χ3v) is 2.28. The second kappa shape index (κ2) is 6.00. The van der Waals surface area contributed by atoms with Gasteiger partial charge in [0.1, 0.15) is 0 Å². The van der Waals surface area contributed by atoms with Crippen molar-refractivity contribution in [1.82, 2.24) is 0 Å². The van der Waals surface area contributed by atoms with Crippen molar-refractivity contribution in [2.45, 2.75) is 6.92 Å². The number of carbonyl (C=O) groups is 2. The number of amides is 1. The molecule has 0 aliphatic heterocycles. The zero-order valence-corrected chi connectivity index (χ0v) is 10.4. The van der Waals surface area contributed by atoms with Gasteiger partial charge in [0.15, 0.2) is 11.6 Å². The van der Waals surface area contributed by atoms with Crippen LogP contribution in [-0.4, -0.2) is 32.6 Å². The molecule has 0 spiro atoms. The molecule has 1 aromatic carbocycles. The van der Waals surface area contributed by atoms with Crippen molar-refractivity contribution in [3.05, 3.63) is 24.0 Å². The van der Waals surface area contributed by atoms with E-state index in [0.717, 1.165) is 11.0 Å². The largest absolute Gasteiger partial charge is 0.494 e. The number of hydrogen-bond acceptors (Lipinski definition) is 4. The monoisotopic (exact) mass is 255 g/mol. The van der Waals surface area contributed by atoms with Gasteiger partial charge >= 0.3 is 11.9 Å². The predicted molar refractivity (Wildman–Crippen MR) is 63.0 cm³/mol. The summed E-state index contributed by atoms with van der Waals surface area (Å²) in [5.41, 5.74) is 0.242. The Morgan fingerprint density at radius 2 is 2.06 bits per heavy atom. The molecule has 0 fully saturated rings. The molecule has 1 aromatic rings. The van der Waals surface area contributed by atoms with Crippen LogP contribution in [0.4, 0.5) is 10.1 Å². The fourth-order valence-corrected chi connectivity index (χ4v) is 1.31. The van der Waals surface area contributed by atoms with Crippen molar-refractivity contribution in [3.8, 4) is 5.75 Å². The summed E-state index contributed by atoms with van der Waals surface area (Å²) in [6.07, 6.45) is 0. The lowest BCUT2D eigenvalue weighted by atomic mass is 10.2. The minimum Gasteiger partial charge on any atom is -0.494 e. The number of esters is 1. The van der Waals surface area contributed by atoms with Crippen molar-refractivity contribution in [1.29, 1.82) is 0 Å². The van der Waals surface area contributed by atoms with Crippen molar-refractivity contribution in [2.75, 3.05) is 25.7 Å². The number of halogens is 1. The molecule has 0 saturated carbocycles. The van der Waals surface area contributed by atoms with Crippen LogP contribution in [0.5, 0.6) is 5.75 Å². The second-order valence-corrected chi connectivity index (χ2v) is 3.40. The molecule has 5 nitrogen and oxygen atoms in total. The summed E-state index contributed by atoms with van der Waals surface area (Å²) in [6.45, 7) is 1.70. The fraction of sp³-hybridized carbons (Fsp3) is 0.333. The lowest BCUT2D eigenvalue weighted by molar-refractivity contribution is -0.153. The molecule has 0 aliphatic carbocycles. The quantitative estimate of drug-likeness (QED) is 0.604. The number of methoxy groups -OCH3 is 1. The van der Waals surface area contributed by atoms with E-state index in [9.17, 15) is 14.0 Å². The Bertz CT molecular complexity index is 461. The fourth-order valence-electron chi connectivity index (χ4n) is 1.31. The van der Waals surface area contributed by atoms with Gasteiger partial charge in [0.25, 0.3) is 0 Å². The molecule has 6 heteroatoms. The van der Waals surface area contributed by atoms with Gasteiger partial charge in [-0.2, -0.15) is 0 Å². The Balaban J connectivity index is 2.90. The molecule has 1 amide bonds. The zero-order valence-electron chi connectivity index (χ0n) is 10.4. The van der Waals surface area contributed by atoms with Crippen LogP contribution < -0.4 is 9.64 Å². The number of benzene rings is 1. The Kier molecular flexibility index (Phi) is 4.65. The minimum atomic E-state index is -0.976. The number of carbonyl (C=O) groups excluding carboxylic acids is 2. The Labute approximate surface area is 104 Å². The summed E-state index contributed by atoms with van der Waals surface area (Å²) >= 11 is 0. The van der Waals surface area contributed by atoms with Crippen molar-refractivity contribution in [2.24, 2.45) is 0 Å². The van der Waals surface area contributed by atoms with Gasteiger partial charge in [0.2, 0.25) is 0 Å². The van der Waals surface area contributed by atoms with E-state index in [2.05, 4.69) is 4.74 Å². The second-order valence-electron chi connectivity index (χ2n) is 3.40. The van der Waals surface area contributed by atoms with Gasteiger partial charge in [-0.25, -0.2) is 9.18 Å². The third kappa shape index (κ3) is 2.97. The van der Waals surface area contributed by atoms with Crippen molar-refractivity contribution < 1.29 is 23.5 Å². The van der Waals surface area contributed by atoms with Gasteiger partial charge in [-0.15, -0.1) is 0 Å². The number of hydrogen-bond donors (Lipinski definition) is 0. The van der Waals surface area contributed by atoms with E-state index in [1.54, 1.807) is 6.92 Å². The van der Waals surface area contributed by atoms with E-state index in [1.165, 1.54) is 26.3 Å². The molecule has 0 heterocycles. The van der Waals surface area contributed by atoms with E-state index in [0.29, 0.717) is 0 Å². The Hall–Kier alpha value is -2.11. The summed E-state index contributed by atoms with van der Waals surface area (Å²) in [6, 6.07) is 3.95. The number of nitrogens with zero attached hydrogens (tertiary/aromatic N) is 1. The molecular weight excluding hydrogens is 241 g/mol. The number of rotatable bonds is 3. The highest BCUT2D eigenvalue weighted by atomic mass is 19.1. The summed E-state index contributed by atoms with van der Waals surface area (Å²) < 4.78 is 22.8. The maximum absolute atomic E-state index is 13.4. The Morgan fingerprint density at radius 1 is 1.39 bits per heavy atom. The first-order chi connectivity index (χ1) is 8.51. The highest BCUT2D eigenvalue weighted by Crippen LogP contribution is 2.22. The third-order valence-electron chi connectivity index (χ3n) is 2.28. The van der Waals surface area contributed by atoms with Gasteiger partial charge < -0.3 is 14.4 Å². The molecular formula is C12H14FNO4. The highest BCUT2D eigenvalue weighted by Gasteiger charge is 2.21. The van der Waals surface area contributed by atoms with E-state index < -0.39 is 17.7 Å². The molecule has 0 N–H and O–H groups in total. The maximum Gasteiger partial charge on any atom is 0.397 e. The average molecular weight is 255 g/mol. The standard InChI is InChI=1S/C12H14FNO4/c1-4-18-12(16)11(15)14(2)8-5-6-10(17-3)9(13)7-8/h5-7H,4H2,1-3H3. The van der Waals surface area contributed by atoms with Crippen molar-refractivity contribution in [3.63, 3.8) is 0 Å². The van der Waals surface area contributed by atoms with Crippen LogP contribution in [0.3, 0.4) is 0 Å². The predicted octanol–water partition coefficient (Wildman–Crippen LogP) is 1.36. The molecule has 98 valence electrons. The van der Waals surface area contributed by atoms with Crippen LogP contribution in [0.25, 0.3) is 0 Å². The summed E-state index contributed by atoms with van der Waals surface area (Å²) in [5.74, 6) is -2.38. The molecule has 0 atom stereocenters. The van der Waals surface area contributed by atoms with E-state index >= 15 is 0 Å². The summed E-state index contributed by atoms with van der Waals surface area (Å²) in [4.78, 5) is 23.8. The lowest BCUT2D eigenvalue weighted by Crippen LogP contribution is -2.34. The van der Waals surface area contributed by atoms with Crippen molar-refractivity contribution >= 4 is 17.6 Å². The van der Waals surface area contributed by atoms with Crippen LogP contribution in [0.15, 0.2) is 18.2 Å². The van der Waals surface area contributed by atoms with Crippen LogP contribution in [0.2, 0.25) is 0 Å². The smallest absolute Gasteiger partial charge is 0.397 e. The van der Waals surface area contributed by atoms with E-state index in [1.807, 2.05) is 0 Å². The van der Waals surface area contributed by atoms with Gasteiger partial charge in [0, 0.05) is 18.8 Å². The summed E-state index contributed by atoms with van der Waals surface area (Å²) in [7, 11) is 2.70. The number of anilines is 1. The van der Waals surface area contributed by atoms with Gasteiger partial charge in [-0.3, -0.25) is 4.79 Å². The van der Waals surface area contributed by atoms with Crippen LogP contribution in [0, 0.1) is 5.82 Å². The maximum atomic E-state index is 13.4. The minimum absolute atomic E-state index is 0.0655. The first-order valence-electron chi connectivity index (χ1n) is 5.29. The topological polar surface area (TPSA) is 55.8 Å². The van der Waals surface area contributed by atoms with Gasteiger partial charge in [-0.1, -0.05) is 0 Å². The van der Waals surface area contributed by atoms with Crippen LogP contribution in [0.1, 0.15) is 6.92 Å². The zero-order chi connectivity index (χ0) is 13.7. The highest BCUT2D eigenvalue weighted by molar-refractivity contribution is 6.37. The molecule has 0 unspecified atom stereocenters. The molecule has 0 aromatic heterocycles. The average Bonchev–Trinajstić information content (AvgIpc) is 2.37. The van der Waals surface area contributed by atoms with Gasteiger partial charge in [0.05, 0.1) is 13.7 Å². The van der Waals surface area contributed by atoms with E-state index in [-0.39, 0.29) is 18.0 Å². The molecule has 0 aliphatic rings. The summed E-state index contributed by atoms with van der Waals surface area (Å²) in [5, 5.41) is 0. The van der Waals surface area contributed by atoms with E-state index in [4.69, 9.17) is 4.74 Å². The van der Waals surface area contributed by atoms with Crippen LogP contribution >= 0.6 is 0 Å². The lowest BCUT2D eigenvalue weighted by Gasteiger charge is -2.16. The Morgan fingerprint density at radius 3 is 2.56 bits per heavy atom. The molecule has 0 radical (unpaired) electrons. The van der Waals surface area contributed by atoms with Crippen LogP contribution in [-0.2, 0) is 14.3 Å². The normalized spacial score (nSPS) is 9.78. The first-order valence-corrected chi connectivity index (χ1v) is 5.29. The molecule has 0 saturated heterocycles. The molecule has 0 bridgehead atoms. The van der Waals surface area contributed by atoms with Gasteiger partial charge in [-0.05, 0) is 19.1 Å². The SMILES string of the molecule is CCOC(=O)C(=O)N(C)c1ccc(OC)c(F)c1.